The first-order valence-corrected chi connectivity index (χ1v) is 8.26. The molecule has 1 fully saturated rings. The van der Waals surface area contributed by atoms with Crippen molar-refractivity contribution in [2.75, 3.05) is 31.1 Å². The lowest BCUT2D eigenvalue weighted by molar-refractivity contribution is -0.923. The van der Waals surface area contributed by atoms with Gasteiger partial charge in [0.15, 0.2) is 6.67 Å². The second-order valence-electron chi connectivity index (χ2n) is 6.31. The van der Waals surface area contributed by atoms with Crippen molar-refractivity contribution in [2.45, 2.75) is 12.8 Å². The van der Waals surface area contributed by atoms with Crippen molar-refractivity contribution < 1.29 is 28.0 Å². The number of nitrogens with zero attached hydrogens (tertiary/aromatic N) is 3. The summed E-state index contributed by atoms with van der Waals surface area (Å²) in [6, 6.07) is 4.78. The minimum absolute atomic E-state index is 0.146. The number of hydrogen-bond donors (Lipinski definition) is 1. The Kier molecular flexibility index (Phi) is 5.13. The summed E-state index contributed by atoms with van der Waals surface area (Å²) >= 11 is 0. The molecule has 2 aromatic heterocycles. The third kappa shape index (κ3) is 4.42. The third-order valence-electron chi connectivity index (χ3n) is 4.51. The zero-order valence-corrected chi connectivity index (χ0v) is 14.2. The van der Waals surface area contributed by atoms with Gasteiger partial charge in [-0.3, -0.25) is 24.4 Å². The lowest BCUT2D eigenvalue weighted by Gasteiger charge is -2.28. The van der Waals surface area contributed by atoms with Gasteiger partial charge in [0.1, 0.15) is 32.4 Å². The zero-order valence-electron chi connectivity index (χ0n) is 14.2. The summed E-state index contributed by atoms with van der Waals surface area (Å²) in [5.74, 6) is 0.592. The van der Waals surface area contributed by atoms with E-state index in [9.17, 15) is 28.1 Å². The first-order valence-electron chi connectivity index (χ1n) is 8.26. The molecule has 3 heterocycles. The highest BCUT2D eigenvalue weighted by Gasteiger charge is 2.33. The molecule has 8 nitrogen and oxygen atoms in total. The SMILES string of the molecule is O=c1ccc([N+](=O)[O-])cn1C[NH+]1CCN(c2ccc(C(F)(F)F)c[nH+]2)CC1. The van der Waals surface area contributed by atoms with Crippen LogP contribution in [0.2, 0.25) is 0 Å². The monoisotopic (exact) mass is 385 g/mol. The smallest absolute Gasteiger partial charge is 0.311 e. The van der Waals surface area contributed by atoms with Crippen LogP contribution in [0.1, 0.15) is 5.56 Å². The van der Waals surface area contributed by atoms with Crippen LogP contribution in [0.3, 0.4) is 0 Å². The van der Waals surface area contributed by atoms with Crippen LogP contribution in [0, 0.1) is 10.1 Å². The number of aromatic amines is 1. The highest BCUT2D eigenvalue weighted by atomic mass is 19.4. The van der Waals surface area contributed by atoms with Gasteiger partial charge in [0, 0.05) is 18.2 Å². The Morgan fingerprint density at radius 3 is 2.44 bits per heavy atom. The maximum absolute atomic E-state index is 12.6. The van der Waals surface area contributed by atoms with Crippen LogP contribution < -0.4 is 20.3 Å². The fourth-order valence-electron chi connectivity index (χ4n) is 3.00. The van der Waals surface area contributed by atoms with Gasteiger partial charge in [-0.2, -0.15) is 13.2 Å². The number of alkyl halides is 3. The molecule has 1 aliphatic rings. The number of anilines is 1. The van der Waals surface area contributed by atoms with Crippen molar-refractivity contribution in [1.82, 2.24) is 4.57 Å². The number of rotatable bonds is 4. The summed E-state index contributed by atoms with van der Waals surface area (Å²) in [7, 11) is 0. The summed E-state index contributed by atoms with van der Waals surface area (Å²) in [5, 5.41) is 10.8. The van der Waals surface area contributed by atoms with Crippen molar-refractivity contribution in [3.8, 4) is 0 Å². The van der Waals surface area contributed by atoms with Crippen LogP contribution in [0.5, 0.6) is 0 Å². The van der Waals surface area contributed by atoms with Crippen molar-refractivity contribution >= 4 is 11.5 Å². The number of nitrogens with one attached hydrogen (secondary N) is 2. The van der Waals surface area contributed by atoms with Crippen LogP contribution in [-0.2, 0) is 12.8 Å². The molecule has 2 aromatic rings. The number of halogens is 3. The fourth-order valence-corrected chi connectivity index (χ4v) is 3.00. The second-order valence-corrected chi connectivity index (χ2v) is 6.31. The third-order valence-corrected chi connectivity index (χ3v) is 4.51. The van der Waals surface area contributed by atoms with Gasteiger partial charge < -0.3 is 4.90 Å². The summed E-state index contributed by atoms with van der Waals surface area (Å²) in [6.45, 7) is 2.75. The predicted molar refractivity (Wildman–Crippen MR) is 88.3 cm³/mol. The lowest BCUT2D eigenvalue weighted by Crippen LogP contribution is -3.14. The van der Waals surface area contributed by atoms with Gasteiger partial charge in [0.05, 0.1) is 16.7 Å². The molecular weight excluding hydrogens is 367 g/mol. The average Bonchev–Trinajstić information content (AvgIpc) is 2.63. The number of hydrogen-bond acceptors (Lipinski definition) is 4. The van der Waals surface area contributed by atoms with E-state index in [0.29, 0.717) is 38.7 Å². The van der Waals surface area contributed by atoms with Crippen molar-refractivity contribution in [3.63, 3.8) is 0 Å². The molecule has 144 valence electrons. The maximum atomic E-state index is 12.6. The number of H-pyrrole nitrogens is 1. The van der Waals surface area contributed by atoms with Gasteiger partial charge in [-0.1, -0.05) is 0 Å². The second kappa shape index (κ2) is 7.35. The predicted octanol–water partition coefficient (Wildman–Crippen LogP) is -0.0480. The summed E-state index contributed by atoms with van der Waals surface area (Å²) in [4.78, 5) is 27.8. The Morgan fingerprint density at radius 2 is 1.89 bits per heavy atom. The Labute approximate surface area is 151 Å². The molecule has 11 heteroatoms. The van der Waals surface area contributed by atoms with Gasteiger partial charge in [-0.05, 0) is 6.07 Å². The van der Waals surface area contributed by atoms with E-state index in [1.807, 2.05) is 4.90 Å². The average molecular weight is 385 g/mol. The molecular formula is C16H18F3N5O3+2. The minimum atomic E-state index is -4.39. The largest absolute Gasteiger partial charge is 0.419 e. The first-order chi connectivity index (χ1) is 12.7. The van der Waals surface area contributed by atoms with Gasteiger partial charge in [-0.25, -0.2) is 4.98 Å². The molecule has 27 heavy (non-hydrogen) atoms. The van der Waals surface area contributed by atoms with Crippen LogP contribution in [0.15, 0.2) is 41.5 Å². The number of piperazine rings is 1. The Hall–Kier alpha value is -2.95. The Balaban J connectivity index is 1.62. The molecule has 2 N–H and O–H groups in total. The molecule has 1 aliphatic heterocycles. The van der Waals surface area contributed by atoms with Crippen LogP contribution in [-0.4, -0.2) is 35.7 Å². The fraction of sp³-hybridized carbons (Fsp3) is 0.375. The van der Waals surface area contributed by atoms with Crippen molar-refractivity contribution in [2.24, 2.45) is 0 Å². The Morgan fingerprint density at radius 1 is 1.19 bits per heavy atom. The zero-order chi connectivity index (χ0) is 19.6. The Bertz CT molecular complexity index is 874. The van der Waals surface area contributed by atoms with E-state index in [1.54, 1.807) is 0 Å². The number of nitro groups is 1. The van der Waals surface area contributed by atoms with E-state index in [4.69, 9.17) is 0 Å². The lowest BCUT2D eigenvalue weighted by atomic mass is 10.2. The van der Waals surface area contributed by atoms with Crippen LogP contribution >= 0.6 is 0 Å². The van der Waals surface area contributed by atoms with E-state index in [1.165, 1.54) is 29.0 Å². The number of aromatic nitrogens is 2. The van der Waals surface area contributed by atoms with E-state index in [0.717, 1.165) is 17.2 Å². The number of pyridine rings is 2. The molecule has 1 saturated heterocycles. The van der Waals surface area contributed by atoms with E-state index in [2.05, 4.69) is 4.98 Å². The van der Waals surface area contributed by atoms with Crippen LogP contribution in [0.25, 0.3) is 0 Å². The normalized spacial score (nSPS) is 15.7. The summed E-state index contributed by atoms with van der Waals surface area (Å²) in [5.41, 5.74) is -1.20. The standard InChI is InChI=1S/C16H16F3N5O3/c17-16(18,19)12-1-3-14(20-9-12)22-7-5-21(6-8-22)11-23-10-13(24(26)27)2-4-15(23)25/h1-4,9-10H,5-8,11H2/p+2. The first kappa shape index (κ1) is 18.8. The van der Waals surface area contributed by atoms with Crippen molar-refractivity contribution in [1.29, 1.82) is 0 Å². The number of quaternary nitrogens is 1. The minimum Gasteiger partial charge on any atom is -0.311 e. The van der Waals surface area contributed by atoms with E-state index in [-0.39, 0.29) is 11.2 Å². The summed E-state index contributed by atoms with van der Waals surface area (Å²) < 4.78 is 39.2. The molecule has 0 amide bonds. The van der Waals surface area contributed by atoms with Gasteiger partial charge >= 0.3 is 6.18 Å². The molecule has 0 spiro atoms. The van der Waals surface area contributed by atoms with Gasteiger partial charge in [0.25, 0.3) is 17.1 Å². The molecule has 0 bridgehead atoms. The van der Waals surface area contributed by atoms with E-state index < -0.39 is 16.7 Å². The molecule has 0 unspecified atom stereocenters. The molecule has 3 rings (SSSR count). The highest BCUT2D eigenvalue weighted by Crippen LogP contribution is 2.28. The molecule has 0 aliphatic carbocycles. The van der Waals surface area contributed by atoms with E-state index >= 15 is 0 Å². The molecule has 0 radical (unpaired) electrons. The van der Waals surface area contributed by atoms with Crippen LogP contribution in [0.4, 0.5) is 24.7 Å². The maximum Gasteiger partial charge on any atom is 0.419 e. The van der Waals surface area contributed by atoms with Gasteiger partial charge in [0.2, 0.25) is 0 Å². The topological polar surface area (TPSA) is 87.0 Å². The highest BCUT2D eigenvalue weighted by molar-refractivity contribution is 5.34. The quantitative estimate of drug-likeness (QED) is 0.591. The molecule has 0 atom stereocenters. The van der Waals surface area contributed by atoms with Gasteiger partial charge in [-0.15, -0.1) is 0 Å². The molecule has 0 saturated carbocycles. The molecule has 0 aromatic carbocycles. The summed E-state index contributed by atoms with van der Waals surface area (Å²) in [6.07, 6.45) is -2.22. The van der Waals surface area contributed by atoms with Crippen molar-refractivity contribution in [3.05, 3.63) is 62.7 Å².